The number of carbonyl (C=O) groups is 2. The van der Waals surface area contributed by atoms with Crippen LogP contribution in [-0.4, -0.2) is 39.5 Å². The monoisotopic (exact) mass is 414 g/mol. The molecule has 2 aromatic carbocycles. The van der Waals surface area contributed by atoms with Gasteiger partial charge < -0.3 is 10.1 Å². The average molecular weight is 414 g/mol. The molecule has 0 radical (unpaired) electrons. The maximum atomic E-state index is 13.1. The molecular formula is C21H22N2O5S. The zero-order chi connectivity index (χ0) is 21.0. The summed E-state index contributed by atoms with van der Waals surface area (Å²) >= 11 is 0. The van der Waals surface area contributed by atoms with Gasteiger partial charge in [0.15, 0.2) is 6.10 Å². The number of nitrogens with one attached hydrogen (secondary N) is 1. The third kappa shape index (κ3) is 4.32. The lowest BCUT2D eigenvalue weighted by molar-refractivity contribution is -0.128. The number of esters is 1. The van der Waals surface area contributed by atoms with Crippen LogP contribution in [0.4, 0.5) is 5.69 Å². The van der Waals surface area contributed by atoms with Crippen LogP contribution in [0.1, 0.15) is 22.8 Å². The zero-order valence-electron chi connectivity index (χ0n) is 16.0. The van der Waals surface area contributed by atoms with Gasteiger partial charge in [0.2, 0.25) is 0 Å². The summed E-state index contributed by atoms with van der Waals surface area (Å²) in [6, 6.07) is 13.0. The topological polar surface area (TPSA) is 92.8 Å². The van der Waals surface area contributed by atoms with Crippen LogP contribution in [0.25, 0.3) is 0 Å². The lowest BCUT2D eigenvalue weighted by atomic mass is 10.2. The molecule has 0 spiro atoms. The highest BCUT2D eigenvalue weighted by atomic mass is 32.2. The van der Waals surface area contributed by atoms with Crippen molar-refractivity contribution in [2.75, 3.05) is 17.4 Å². The third-order valence-corrected chi connectivity index (χ3v) is 6.39. The number of carbonyl (C=O) groups excluding carboxylic acids is 2. The lowest BCUT2D eigenvalue weighted by Crippen LogP contribution is -2.35. The number of rotatable bonds is 7. The molecule has 152 valence electrons. The molecule has 2 aromatic rings. The summed E-state index contributed by atoms with van der Waals surface area (Å²) in [7, 11) is -3.83. The van der Waals surface area contributed by atoms with Crippen molar-refractivity contribution in [3.8, 4) is 0 Å². The van der Waals surface area contributed by atoms with Crippen molar-refractivity contribution in [2.24, 2.45) is 0 Å². The van der Waals surface area contributed by atoms with Crippen LogP contribution in [0.2, 0.25) is 0 Å². The molecule has 0 aliphatic carbocycles. The Morgan fingerprint density at radius 1 is 1.24 bits per heavy atom. The summed E-state index contributed by atoms with van der Waals surface area (Å²) in [4.78, 5) is 24.2. The minimum Gasteiger partial charge on any atom is -0.449 e. The van der Waals surface area contributed by atoms with E-state index < -0.39 is 28.0 Å². The molecule has 29 heavy (non-hydrogen) atoms. The molecular weight excluding hydrogens is 392 g/mol. The molecule has 0 bridgehead atoms. The van der Waals surface area contributed by atoms with Gasteiger partial charge in [-0.2, -0.15) is 0 Å². The number of ether oxygens (including phenoxy) is 1. The van der Waals surface area contributed by atoms with Crippen molar-refractivity contribution in [3.63, 3.8) is 0 Å². The molecule has 1 unspecified atom stereocenters. The summed E-state index contributed by atoms with van der Waals surface area (Å²) in [6.07, 6.45) is 1.12. The minimum atomic E-state index is -3.83. The van der Waals surface area contributed by atoms with E-state index in [-0.39, 0.29) is 17.0 Å². The highest BCUT2D eigenvalue weighted by Gasteiger charge is 2.31. The highest BCUT2D eigenvalue weighted by molar-refractivity contribution is 7.92. The number of benzene rings is 2. The number of hydrogen-bond donors (Lipinski definition) is 1. The second-order valence-corrected chi connectivity index (χ2v) is 8.43. The molecule has 1 N–H and O–H groups in total. The van der Waals surface area contributed by atoms with E-state index in [1.165, 1.54) is 41.6 Å². The van der Waals surface area contributed by atoms with Crippen molar-refractivity contribution in [1.29, 1.82) is 0 Å². The number of amides is 1. The highest BCUT2D eigenvalue weighted by Crippen LogP contribution is 2.32. The molecule has 0 saturated carbocycles. The summed E-state index contributed by atoms with van der Waals surface area (Å²) in [5.74, 6) is -1.24. The number of fused-ring (bicyclic) bond motifs is 1. The summed E-state index contributed by atoms with van der Waals surface area (Å²) in [5, 5.41) is 2.53. The molecule has 7 nitrogen and oxygen atoms in total. The molecule has 1 aliphatic rings. The van der Waals surface area contributed by atoms with Crippen molar-refractivity contribution < 1.29 is 22.7 Å². The lowest BCUT2D eigenvalue weighted by Gasteiger charge is -2.20. The van der Waals surface area contributed by atoms with Crippen molar-refractivity contribution >= 4 is 27.6 Å². The first kappa shape index (κ1) is 20.6. The van der Waals surface area contributed by atoms with E-state index in [9.17, 15) is 18.0 Å². The molecule has 8 heteroatoms. The van der Waals surface area contributed by atoms with E-state index in [1.807, 2.05) is 12.1 Å². The molecule has 0 saturated heterocycles. The number of hydrogen-bond acceptors (Lipinski definition) is 5. The van der Waals surface area contributed by atoms with Crippen molar-refractivity contribution in [2.45, 2.75) is 24.3 Å². The predicted octanol–water partition coefficient (Wildman–Crippen LogP) is 2.29. The van der Waals surface area contributed by atoms with Gasteiger partial charge in [0.25, 0.3) is 15.9 Å². The Labute approximate surface area is 170 Å². The second-order valence-electron chi connectivity index (χ2n) is 6.57. The third-order valence-electron chi connectivity index (χ3n) is 4.58. The van der Waals surface area contributed by atoms with Crippen LogP contribution in [0.5, 0.6) is 0 Å². The van der Waals surface area contributed by atoms with Gasteiger partial charge in [0.05, 0.1) is 16.1 Å². The maximum Gasteiger partial charge on any atom is 0.338 e. The SMILES string of the molecule is C=CCNC(=O)C(C)OC(=O)c1cccc(S(=O)(=O)N2CCc3ccccc32)c1. The first-order valence-electron chi connectivity index (χ1n) is 9.15. The Morgan fingerprint density at radius 2 is 2.00 bits per heavy atom. The van der Waals surface area contributed by atoms with Gasteiger partial charge in [-0.25, -0.2) is 13.2 Å². The van der Waals surface area contributed by atoms with Gasteiger partial charge in [0.1, 0.15) is 0 Å². The fourth-order valence-corrected chi connectivity index (χ4v) is 4.62. The van der Waals surface area contributed by atoms with Crippen molar-refractivity contribution in [1.82, 2.24) is 5.32 Å². The largest absolute Gasteiger partial charge is 0.449 e. The van der Waals surface area contributed by atoms with E-state index in [2.05, 4.69) is 11.9 Å². The summed E-state index contributed by atoms with van der Waals surface area (Å²) in [5.41, 5.74) is 1.67. The predicted molar refractivity (Wildman–Crippen MR) is 109 cm³/mol. The van der Waals surface area contributed by atoms with Crippen molar-refractivity contribution in [3.05, 3.63) is 72.3 Å². The first-order valence-corrected chi connectivity index (χ1v) is 10.6. The van der Waals surface area contributed by atoms with Gasteiger partial charge in [-0.05, 0) is 43.2 Å². The van der Waals surface area contributed by atoms with E-state index in [1.54, 1.807) is 12.1 Å². The zero-order valence-corrected chi connectivity index (χ0v) is 16.8. The first-order chi connectivity index (χ1) is 13.8. The van der Waals surface area contributed by atoms with Crippen LogP contribution in [-0.2, 0) is 26.0 Å². The van der Waals surface area contributed by atoms with E-state index in [0.717, 1.165) is 5.56 Å². The Bertz CT molecular complexity index is 1050. The molecule has 1 aliphatic heterocycles. The van der Waals surface area contributed by atoms with Crippen LogP contribution < -0.4 is 9.62 Å². The molecule has 0 fully saturated rings. The van der Waals surface area contributed by atoms with Crippen LogP contribution in [0.15, 0.2) is 66.1 Å². The average Bonchev–Trinajstić information content (AvgIpc) is 3.17. The Kier molecular flexibility index (Phi) is 6.03. The Hall–Kier alpha value is -3.13. The molecule has 1 amide bonds. The fraction of sp³-hybridized carbons (Fsp3) is 0.238. The minimum absolute atomic E-state index is 0.00702. The normalized spacial score (nSPS) is 14.0. The van der Waals surface area contributed by atoms with E-state index in [0.29, 0.717) is 18.7 Å². The molecule has 0 aromatic heterocycles. The number of sulfonamides is 1. The number of nitrogens with zero attached hydrogens (tertiary/aromatic N) is 1. The summed E-state index contributed by atoms with van der Waals surface area (Å²) < 4.78 is 32.7. The van der Waals surface area contributed by atoms with Crippen LogP contribution in [0, 0.1) is 0 Å². The standard InChI is InChI=1S/C21H22N2O5S/c1-3-12-22-20(24)15(2)28-21(25)17-8-6-9-18(14-17)29(26,27)23-13-11-16-7-4-5-10-19(16)23/h3-10,14-15H,1,11-13H2,2H3,(H,22,24). The number of anilines is 1. The quantitative estimate of drug-likeness (QED) is 0.554. The Morgan fingerprint density at radius 3 is 2.76 bits per heavy atom. The fourth-order valence-electron chi connectivity index (χ4n) is 3.07. The Balaban J connectivity index is 1.80. The molecule has 1 atom stereocenters. The van der Waals surface area contributed by atoms with Crippen LogP contribution >= 0.6 is 0 Å². The number of para-hydroxylation sites is 1. The van der Waals surface area contributed by atoms with Gasteiger partial charge in [-0.3, -0.25) is 9.10 Å². The van der Waals surface area contributed by atoms with Gasteiger partial charge in [0, 0.05) is 13.1 Å². The van der Waals surface area contributed by atoms with E-state index in [4.69, 9.17) is 4.74 Å². The van der Waals surface area contributed by atoms with Gasteiger partial charge >= 0.3 is 5.97 Å². The van der Waals surface area contributed by atoms with Gasteiger partial charge in [-0.1, -0.05) is 30.3 Å². The molecule has 3 rings (SSSR count). The second kappa shape index (κ2) is 8.48. The van der Waals surface area contributed by atoms with Crippen LogP contribution in [0.3, 0.4) is 0 Å². The molecule has 1 heterocycles. The smallest absolute Gasteiger partial charge is 0.338 e. The van der Waals surface area contributed by atoms with E-state index >= 15 is 0 Å². The van der Waals surface area contributed by atoms with Gasteiger partial charge in [-0.15, -0.1) is 6.58 Å². The maximum absolute atomic E-state index is 13.1. The summed E-state index contributed by atoms with van der Waals surface area (Å²) in [6.45, 7) is 5.54.